The lowest BCUT2D eigenvalue weighted by Gasteiger charge is -2.25. The lowest BCUT2D eigenvalue weighted by molar-refractivity contribution is -0.137. The fourth-order valence-corrected chi connectivity index (χ4v) is 4.39. The Kier molecular flexibility index (Phi) is 7.85. The van der Waals surface area contributed by atoms with Gasteiger partial charge in [0.25, 0.3) is 5.91 Å². The maximum atomic E-state index is 13.7. The number of hydrogen-bond acceptors (Lipinski definition) is 3. The molecule has 1 amide bonds. The topological polar surface area (TPSA) is 56.1 Å². The van der Waals surface area contributed by atoms with Crippen molar-refractivity contribution in [3.63, 3.8) is 0 Å². The first-order valence-corrected chi connectivity index (χ1v) is 12.1. The van der Waals surface area contributed by atoms with Gasteiger partial charge in [-0.3, -0.25) is 4.79 Å². The number of nitriles is 1. The number of carbonyl (C=O) groups is 1. The summed E-state index contributed by atoms with van der Waals surface area (Å²) >= 11 is 6.41. The standard InChI is InChI=1S/C28H25ClF3N3O/c29-24-5-2-6-25(34-15-14-33)26(24)27(36)35(18-20-7-9-21(10-8-20)22-11-12-22)16-13-19-3-1-4-23(17-19)28(30,31)32/h1-10,17,22,34H,11-13,15-16,18H2. The first-order valence-electron chi connectivity index (χ1n) is 11.7. The molecular formula is C28H25ClF3N3O. The zero-order chi connectivity index (χ0) is 25.7. The zero-order valence-corrected chi connectivity index (χ0v) is 20.2. The summed E-state index contributed by atoms with van der Waals surface area (Å²) in [5, 5.41) is 12.1. The van der Waals surface area contributed by atoms with Crippen LogP contribution in [0.3, 0.4) is 0 Å². The van der Waals surface area contributed by atoms with Crippen molar-refractivity contribution in [2.45, 2.75) is 37.9 Å². The molecule has 4 nitrogen and oxygen atoms in total. The summed E-state index contributed by atoms with van der Waals surface area (Å²) in [6.07, 6.45) is -1.83. The van der Waals surface area contributed by atoms with E-state index < -0.39 is 11.7 Å². The Labute approximate surface area is 213 Å². The van der Waals surface area contributed by atoms with Crippen molar-refractivity contribution in [3.05, 3.63) is 99.6 Å². The minimum Gasteiger partial charge on any atom is -0.372 e. The molecule has 0 aromatic heterocycles. The molecule has 1 N–H and O–H groups in total. The number of hydrogen-bond donors (Lipinski definition) is 1. The highest BCUT2D eigenvalue weighted by Gasteiger charge is 2.30. The third-order valence-corrected chi connectivity index (χ3v) is 6.51. The van der Waals surface area contributed by atoms with E-state index in [0.717, 1.165) is 17.7 Å². The van der Waals surface area contributed by atoms with Crippen LogP contribution in [0, 0.1) is 11.3 Å². The number of benzene rings is 3. The van der Waals surface area contributed by atoms with Gasteiger partial charge < -0.3 is 10.2 Å². The summed E-state index contributed by atoms with van der Waals surface area (Å²) in [6, 6.07) is 20.2. The maximum absolute atomic E-state index is 13.7. The van der Waals surface area contributed by atoms with Crippen molar-refractivity contribution in [2.24, 2.45) is 0 Å². The third kappa shape index (κ3) is 6.38. The molecule has 0 unspecified atom stereocenters. The summed E-state index contributed by atoms with van der Waals surface area (Å²) in [5.74, 6) is 0.244. The monoisotopic (exact) mass is 511 g/mol. The molecule has 1 fully saturated rings. The molecule has 186 valence electrons. The van der Waals surface area contributed by atoms with E-state index in [4.69, 9.17) is 16.9 Å². The smallest absolute Gasteiger partial charge is 0.372 e. The predicted octanol–water partition coefficient (Wildman–Crippen LogP) is 7.06. The zero-order valence-electron chi connectivity index (χ0n) is 19.5. The van der Waals surface area contributed by atoms with Gasteiger partial charge in [0, 0.05) is 18.8 Å². The van der Waals surface area contributed by atoms with Gasteiger partial charge in [0.1, 0.15) is 6.54 Å². The summed E-state index contributed by atoms with van der Waals surface area (Å²) in [6.45, 7) is 0.451. The average molecular weight is 512 g/mol. The second-order valence-corrected chi connectivity index (χ2v) is 9.27. The molecule has 0 bridgehead atoms. The number of alkyl halides is 3. The van der Waals surface area contributed by atoms with Gasteiger partial charge in [-0.15, -0.1) is 0 Å². The highest BCUT2D eigenvalue weighted by atomic mass is 35.5. The molecule has 0 atom stereocenters. The van der Waals surface area contributed by atoms with Gasteiger partial charge in [0.2, 0.25) is 0 Å². The van der Waals surface area contributed by atoms with E-state index in [1.165, 1.54) is 24.5 Å². The van der Waals surface area contributed by atoms with Crippen LogP contribution in [0.1, 0.15) is 51.4 Å². The lowest BCUT2D eigenvalue weighted by Crippen LogP contribution is -2.33. The Morgan fingerprint density at radius 1 is 1.06 bits per heavy atom. The Morgan fingerprint density at radius 3 is 2.44 bits per heavy atom. The number of nitrogens with one attached hydrogen (secondary N) is 1. The molecule has 3 aromatic rings. The highest BCUT2D eigenvalue weighted by molar-refractivity contribution is 6.34. The number of carbonyl (C=O) groups excluding carboxylic acids is 1. The van der Waals surface area contributed by atoms with Crippen LogP contribution >= 0.6 is 11.6 Å². The molecule has 0 spiro atoms. The van der Waals surface area contributed by atoms with E-state index in [9.17, 15) is 18.0 Å². The van der Waals surface area contributed by atoms with Crippen LogP contribution in [0.15, 0.2) is 66.7 Å². The normalized spacial score (nSPS) is 13.2. The molecular weight excluding hydrogens is 487 g/mol. The molecule has 1 aliphatic rings. The van der Waals surface area contributed by atoms with E-state index in [-0.39, 0.29) is 42.5 Å². The molecule has 36 heavy (non-hydrogen) atoms. The predicted molar refractivity (Wildman–Crippen MR) is 134 cm³/mol. The Morgan fingerprint density at radius 2 is 1.78 bits per heavy atom. The van der Waals surface area contributed by atoms with Crippen molar-refractivity contribution in [1.29, 1.82) is 5.26 Å². The molecule has 4 rings (SSSR count). The van der Waals surface area contributed by atoms with Crippen LogP contribution in [0.25, 0.3) is 0 Å². The van der Waals surface area contributed by atoms with Gasteiger partial charge in [-0.25, -0.2) is 0 Å². The van der Waals surface area contributed by atoms with E-state index in [0.29, 0.717) is 17.2 Å². The van der Waals surface area contributed by atoms with Crippen molar-refractivity contribution in [2.75, 3.05) is 18.4 Å². The molecule has 8 heteroatoms. The van der Waals surface area contributed by atoms with Crippen molar-refractivity contribution in [3.8, 4) is 6.07 Å². The van der Waals surface area contributed by atoms with Gasteiger partial charge >= 0.3 is 6.18 Å². The molecule has 0 saturated heterocycles. The number of rotatable bonds is 9. The average Bonchev–Trinajstić information content (AvgIpc) is 3.70. The third-order valence-electron chi connectivity index (χ3n) is 6.20. The molecule has 0 radical (unpaired) electrons. The van der Waals surface area contributed by atoms with E-state index in [1.54, 1.807) is 29.2 Å². The van der Waals surface area contributed by atoms with Gasteiger partial charge in [-0.2, -0.15) is 18.4 Å². The molecule has 1 aliphatic carbocycles. The van der Waals surface area contributed by atoms with Crippen LogP contribution < -0.4 is 5.32 Å². The fraction of sp³-hybridized carbons (Fsp3) is 0.286. The summed E-state index contributed by atoms with van der Waals surface area (Å²) in [5.41, 5.74) is 2.61. The minimum absolute atomic E-state index is 0.00646. The van der Waals surface area contributed by atoms with Crippen LogP contribution in [0.4, 0.5) is 18.9 Å². The van der Waals surface area contributed by atoms with Crippen LogP contribution in [-0.4, -0.2) is 23.9 Å². The van der Waals surface area contributed by atoms with Crippen molar-refractivity contribution < 1.29 is 18.0 Å². The summed E-state index contributed by atoms with van der Waals surface area (Å²) in [7, 11) is 0. The molecule has 0 aliphatic heterocycles. The van der Waals surface area contributed by atoms with Crippen LogP contribution in [0.5, 0.6) is 0 Å². The molecule has 0 heterocycles. The van der Waals surface area contributed by atoms with E-state index in [1.807, 2.05) is 18.2 Å². The van der Waals surface area contributed by atoms with Gasteiger partial charge in [0.05, 0.1) is 22.2 Å². The minimum atomic E-state index is -4.44. The number of amides is 1. The van der Waals surface area contributed by atoms with Gasteiger partial charge in [-0.05, 0) is 60.1 Å². The lowest BCUT2D eigenvalue weighted by atomic mass is 10.0. The largest absolute Gasteiger partial charge is 0.416 e. The summed E-state index contributed by atoms with van der Waals surface area (Å²) < 4.78 is 39.5. The van der Waals surface area contributed by atoms with E-state index >= 15 is 0 Å². The molecule has 3 aromatic carbocycles. The second-order valence-electron chi connectivity index (χ2n) is 8.86. The second kappa shape index (κ2) is 11.0. The molecule has 1 saturated carbocycles. The first-order chi connectivity index (χ1) is 17.3. The quantitative estimate of drug-likeness (QED) is 0.313. The Hall–Kier alpha value is -3.50. The van der Waals surface area contributed by atoms with Crippen LogP contribution in [-0.2, 0) is 19.1 Å². The number of nitrogens with zero attached hydrogens (tertiary/aromatic N) is 2. The van der Waals surface area contributed by atoms with Gasteiger partial charge in [-0.1, -0.05) is 60.1 Å². The number of anilines is 1. The fourth-order valence-electron chi connectivity index (χ4n) is 4.13. The SMILES string of the molecule is N#CCNc1cccc(Cl)c1C(=O)N(CCc1cccc(C(F)(F)F)c1)Cc1ccc(C2CC2)cc1. The summed E-state index contributed by atoms with van der Waals surface area (Å²) in [4.78, 5) is 15.3. The Balaban J connectivity index is 1.60. The Bertz CT molecular complexity index is 1260. The van der Waals surface area contributed by atoms with Crippen LogP contribution in [0.2, 0.25) is 5.02 Å². The first kappa shape index (κ1) is 25.6. The van der Waals surface area contributed by atoms with Crippen molar-refractivity contribution >= 4 is 23.2 Å². The maximum Gasteiger partial charge on any atom is 0.416 e. The number of halogens is 4. The van der Waals surface area contributed by atoms with E-state index in [2.05, 4.69) is 17.4 Å². The van der Waals surface area contributed by atoms with Crippen molar-refractivity contribution in [1.82, 2.24) is 4.90 Å². The highest BCUT2D eigenvalue weighted by Crippen LogP contribution is 2.40. The van der Waals surface area contributed by atoms with Gasteiger partial charge in [0.15, 0.2) is 0 Å².